The highest BCUT2D eigenvalue weighted by Crippen LogP contribution is 2.26. The smallest absolute Gasteiger partial charge is 0.228 e. The first-order valence-electron chi connectivity index (χ1n) is 9.23. The lowest BCUT2D eigenvalue weighted by Gasteiger charge is -2.06. The summed E-state index contributed by atoms with van der Waals surface area (Å²) < 4.78 is 15.9. The van der Waals surface area contributed by atoms with Crippen LogP contribution in [-0.4, -0.2) is 20.7 Å². The molecule has 0 aliphatic carbocycles. The Balaban J connectivity index is 1.54. The standard InChI is InChI=1S/C22H18BrFN4OS/c1-13-19(11-21(29)25-18-9-5-16(23)6-10-18)14(2)28(27-13)22-26-20(12-30-22)15-3-7-17(24)8-4-15/h3-10,12H,11H2,1-2H3,(H,25,29). The fraction of sp³-hybridized carbons (Fsp3) is 0.136. The SMILES string of the molecule is Cc1nn(-c2nc(-c3ccc(F)cc3)cs2)c(C)c1CC(=O)Nc1ccc(Br)cc1. The van der Waals surface area contributed by atoms with E-state index in [0.717, 1.165) is 38.4 Å². The van der Waals surface area contributed by atoms with E-state index in [2.05, 4.69) is 31.3 Å². The second-order valence-electron chi connectivity index (χ2n) is 6.82. The maximum absolute atomic E-state index is 13.2. The summed E-state index contributed by atoms with van der Waals surface area (Å²) in [5.74, 6) is -0.381. The molecule has 8 heteroatoms. The van der Waals surface area contributed by atoms with Gasteiger partial charge >= 0.3 is 0 Å². The number of carbonyl (C=O) groups excluding carboxylic acids is 1. The molecule has 0 fully saturated rings. The zero-order valence-electron chi connectivity index (χ0n) is 16.3. The van der Waals surface area contributed by atoms with Crippen LogP contribution in [0.4, 0.5) is 10.1 Å². The Morgan fingerprint density at radius 2 is 1.83 bits per heavy atom. The first-order chi connectivity index (χ1) is 14.4. The molecule has 0 saturated carbocycles. The quantitative estimate of drug-likeness (QED) is 0.395. The van der Waals surface area contributed by atoms with Crippen molar-refractivity contribution in [2.45, 2.75) is 20.3 Å². The van der Waals surface area contributed by atoms with E-state index in [0.29, 0.717) is 5.13 Å². The molecule has 4 aromatic rings. The fourth-order valence-corrected chi connectivity index (χ4v) is 4.23. The summed E-state index contributed by atoms with van der Waals surface area (Å²) in [6, 6.07) is 13.7. The van der Waals surface area contributed by atoms with E-state index in [1.807, 2.05) is 43.5 Å². The average molecular weight is 485 g/mol. The summed E-state index contributed by atoms with van der Waals surface area (Å²) in [7, 11) is 0. The van der Waals surface area contributed by atoms with E-state index in [9.17, 15) is 9.18 Å². The molecule has 2 heterocycles. The van der Waals surface area contributed by atoms with Gasteiger partial charge in [-0.25, -0.2) is 14.1 Å². The van der Waals surface area contributed by atoms with Gasteiger partial charge in [0.05, 0.1) is 17.8 Å². The normalized spacial score (nSPS) is 10.9. The molecule has 5 nitrogen and oxygen atoms in total. The van der Waals surface area contributed by atoms with Crippen molar-refractivity contribution < 1.29 is 9.18 Å². The predicted molar refractivity (Wildman–Crippen MR) is 121 cm³/mol. The summed E-state index contributed by atoms with van der Waals surface area (Å²) in [5, 5.41) is 10.1. The van der Waals surface area contributed by atoms with Gasteiger partial charge in [-0.3, -0.25) is 4.79 Å². The number of hydrogen-bond acceptors (Lipinski definition) is 4. The number of hydrogen-bond donors (Lipinski definition) is 1. The van der Waals surface area contributed by atoms with Gasteiger partial charge < -0.3 is 5.32 Å². The molecule has 2 aromatic heterocycles. The van der Waals surface area contributed by atoms with Crippen LogP contribution in [0.1, 0.15) is 17.0 Å². The van der Waals surface area contributed by atoms with E-state index in [1.54, 1.807) is 16.8 Å². The van der Waals surface area contributed by atoms with E-state index in [1.165, 1.54) is 23.5 Å². The lowest BCUT2D eigenvalue weighted by atomic mass is 10.1. The average Bonchev–Trinajstić information content (AvgIpc) is 3.31. The number of halogens is 2. The van der Waals surface area contributed by atoms with Crippen LogP contribution in [0, 0.1) is 19.7 Å². The van der Waals surface area contributed by atoms with Crippen LogP contribution < -0.4 is 5.32 Å². The molecule has 0 aliphatic heterocycles. The number of aromatic nitrogens is 3. The highest BCUT2D eigenvalue weighted by Gasteiger charge is 2.18. The molecule has 2 aromatic carbocycles. The summed E-state index contributed by atoms with van der Waals surface area (Å²) in [6.07, 6.45) is 0.226. The van der Waals surface area contributed by atoms with Crippen LogP contribution in [0.2, 0.25) is 0 Å². The van der Waals surface area contributed by atoms with E-state index >= 15 is 0 Å². The van der Waals surface area contributed by atoms with Gasteiger partial charge in [0.1, 0.15) is 5.82 Å². The number of anilines is 1. The molecule has 30 heavy (non-hydrogen) atoms. The van der Waals surface area contributed by atoms with Crippen molar-refractivity contribution in [3.8, 4) is 16.4 Å². The number of nitrogens with zero attached hydrogens (tertiary/aromatic N) is 3. The zero-order valence-corrected chi connectivity index (χ0v) is 18.7. The van der Waals surface area contributed by atoms with Crippen molar-refractivity contribution in [3.05, 3.63) is 81.2 Å². The summed E-state index contributed by atoms with van der Waals surface area (Å²) in [5.41, 5.74) is 4.89. The molecule has 0 radical (unpaired) electrons. The van der Waals surface area contributed by atoms with Gasteiger partial charge in [-0.1, -0.05) is 15.9 Å². The number of carbonyl (C=O) groups is 1. The minimum absolute atomic E-state index is 0.103. The lowest BCUT2D eigenvalue weighted by Crippen LogP contribution is -2.15. The van der Waals surface area contributed by atoms with E-state index in [4.69, 9.17) is 0 Å². The van der Waals surface area contributed by atoms with Gasteiger partial charge in [0.15, 0.2) is 0 Å². The molecule has 0 unspecified atom stereocenters. The van der Waals surface area contributed by atoms with Crippen LogP contribution >= 0.6 is 27.3 Å². The van der Waals surface area contributed by atoms with Gasteiger partial charge in [-0.15, -0.1) is 11.3 Å². The Labute approximate surface area is 185 Å². The third kappa shape index (κ3) is 4.34. The monoisotopic (exact) mass is 484 g/mol. The number of rotatable bonds is 5. The topological polar surface area (TPSA) is 59.8 Å². The number of thiazole rings is 1. The molecule has 4 rings (SSSR count). The van der Waals surface area contributed by atoms with Crippen molar-refractivity contribution in [3.63, 3.8) is 0 Å². The molecule has 152 valence electrons. The Hall–Kier alpha value is -2.84. The zero-order chi connectivity index (χ0) is 21.3. The summed E-state index contributed by atoms with van der Waals surface area (Å²) >= 11 is 4.84. The first-order valence-corrected chi connectivity index (χ1v) is 10.9. The van der Waals surface area contributed by atoms with Gasteiger partial charge in [0, 0.05) is 32.4 Å². The Bertz CT molecular complexity index is 1200. The molecule has 0 spiro atoms. The third-order valence-corrected chi connectivity index (χ3v) is 6.06. The van der Waals surface area contributed by atoms with Crippen LogP contribution in [-0.2, 0) is 11.2 Å². The van der Waals surface area contributed by atoms with Gasteiger partial charge in [-0.2, -0.15) is 5.10 Å². The van der Waals surface area contributed by atoms with Crippen molar-refractivity contribution in [2.75, 3.05) is 5.32 Å². The first kappa shape index (κ1) is 20.4. The summed E-state index contributed by atoms with van der Waals surface area (Å²) in [6.45, 7) is 3.82. The van der Waals surface area contributed by atoms with Crippen LogP contribution in [0.5, 0.6) is 0 Å². The maximum Gasteiger partial charge on any atom is 0.228 e. The minimum Gasteiger partial charge on any atom is -0.326 e. The van der Waals surface area contributed by atoms with Crippen LogP contribution in [0.3, 0.4) is 0 Å². The van der Waals surface area contributed by atoms with Gasteiger partial charge in [0.2, 0.25) is 11.0 Å². The molecule has 0 aliphatic rings. The van der Waals surface area contributed by atoms with Gasteiger partial charge in [-0.05, 0) is 62.4 Å². The minimum atomic E-state index is -0.279. The van der Waals surface area contributed by atoms with Crippen LogP contribution in [0.15, 0.2) is 58.4 Å². The third-order valence-electron chi connectivity index (χ3n) is 4.72. The maximum atomic E-state index is 13.2. The second-order valence-corrected chi connectivity index (χ2v) is 8.57. The Morgan fingerprint density at radius 1 is 1.13 bits per heavy atom. The molecule has 1 amide bonds. The second kappa shape index (κ2) is 8.49. The van der Waals surface area contributed by atoms with Gasteiger partial charge in [0.25, 0.3) is 0 Å². The summed E-state index contributed by atoms with van der Waals surface area (Å²) in [4.78, 5) is 17.2. The number of aryl methyl sites for hydroxylation is 1. The molecule has 0 atom stereocenters. The highest BCUT2D eigenvalue weighted by atomic mass is 79.9. The van der Waals surface area contributed by atoms with Crippen molar-refractivity contribution in [2.24, 2.45) is 0 Å². The molecule has 0 saturated heterocycles. The largest absolute Gasteiger partial charge is 0.326 e. The van der Waals surface area contributed by atoms with E-state index < -0.39 is 0 Å². The number of amides is 1. The predicted octanol–water partition coefficient (Wildman–Crippen LogP) is 5.70. The Morgan fingerprint density at radius 3 is 2.53 bits per heavy atom. The highest BCUT2D eigenvalue weighted by molar-refractivity contribution is 9.10. The van der Waals surface area contributed by atoms with Crippen molar-refractivity contribution >= 4 is 38.9 Å². The number of nitrogens with one attached hydrogen (secondary N) is 1. The molecular weight excluding hydrogens is 467 g/mol. The molecule has 0 bridgehead atoms. The molecular formula is C22H18BrFN4OS. The molecule has 1 N–H and O–H groups in total. The van der Waals surface area contributed by atoms with Crippen LogP contribution in [0.25, 0.3) is 16.4 Å². The van der Waals surface area contributed by atoms with E-state index in [-0.39, 0.29) is 18.1 Å². The fourth-order valence-electron chi connectivity index (χ4n) is 3.13. The van der Waals surface area contributed by atoms with Crippen molar-refractivity contribution in [1.29, 1.82) is 0 Å². The number of benzene rings is 2. The van der Waals surface area contributed by atoms with Crippen molar-refractivity contribution in [1.82, 2.24) is 14.8 Å². The Kier molecular flexibility index (Phi) is 5.78. The lowest BCUT2D eigenvalue weighted by molar-refractivity contribution is -0.115.